The highest BCUT2D eigenvalue weighted by molar-refractivity contribution is 5.48. The van der Waals surface area contributed by atoms with E-state index in [1.54, 1.807) is 0 Å². The van der Waals surface area contributed by atoms with Crippen LogP contribution >= 0.6 is 0 Å². The Bertz CT molecular complexity index is 299. The normalized spacial score (nSPS) is 10.3. The van der Waals surface area contributed by atoms with Gasteiger partial charge in [0.15, 0.2) is 0 Å². The van der Waals surface area contributed by atoms with E-state index in [-0.39, 0.29) is 0 Å². The molecule has 1 aromatic heterocycles. The zero-order chi connectivity index (χ0) is 9.84. The number of allylic oxidation sites excluding steroid dienone is 1. The lowest BCUT2D eigenvalue weighted by atomic mass is 10.2. The van der Waals surface area contributed by atoms with Crippen LogP contribution in [0.15, 0.2) is 12.7 Å². The van der Waals surface area contributed by atoms with E-state index < -0.39 is 0 Å². The van der Waals surface area contributed by atoms with Crippen molar-refractivity contribution in [2.45, 2.75) is 33.2 Å². The number of rotatable bonds is 4. The lowest BCUT2D eigenvalue weighted by Gasteiger charge is -2.01. The van der Waals surface area contributed by atoms with Gasteiger partial charge in [0.25, 0.3) is 0 Å². The first-order valence-corrected chi connectivity index (χ1v) is 4.69. The minimum Gasteiger partial charge on any atom is -0.396 e. The van der Waals surface area contributed by atoms with Crippen molar-refractivity contribution in [1.29, 1.82) is 0 Å². The number of aryl methyl sites for hydroxylation is 1. The highest BCUT2D eigenvalue weighted by atomic mass is 15.3. The van der Waals surface area contributed by atoms with Crippen molar-refractivity contribution in [3.8, 4) is 0 Å². The van der Waals surface area contributed by atoms with Crippen molar-refractivity contribution < 1.29 is 0 Å². The first-order valence-electron chi connectivity index (χ1n) is 4.69. The van der Waals surface area contributed by atoms with Gasteiger partial charge in [-0.15, -0.1) is 6.58 Å². The van der Waals surface area contributed by atoms with Gasteiger partial charge in [-0.1, -0.05) is 19.9 Å². The standard InChI is InChI=1S/C10H17N3/c1-4-7-13-9(6-3)10(11)8(5-2)12-13/h4H,1,5-7,11H2,2-3H3. The molecule has 0 amide bonds. The van der Waals surface area contributed by atoms with E-state index in [1.165, 1.54) is 0 Å². The molecule has 2 N–H and O–H groups in total. The van der Waals surface area contributed by atoms with Crippen LogP contribution in [-0.2, 0) is 19.4 Å². The SMILES string of the molecule is C=CCn1nc(CC)c(N)c1CC. The van der Waals surface area contributed by atoms with Gasteiger partial charge >= 0.3 is 0 Å². The third-order valence-electron chi connectivity index (χ3n) is 2.15. The molecule has 0 bridgehead atoms. The lowest BCUT2D eigenvalue weighted by molar-refractivity contribution is 0.653. The topological polar surface area (TPSA) is 43.8 Å². The lowest BCUT2D eigenvalue weighted by Crippen LogP contribution is -2.03. The molecule has 0 spiro atoms. The van der Waals surface area contributed by atoms with Crippen LogP contribution in [0.2, 0.25) is 0 Å². The van der Waals surface area contributed by atoms with E-state index >= 15 is 0 Å². The Balaban J connectivity index is 3.10. The number of hydrogen-bond acceptors (Lipinski definition) is 2. The maximum absolute atomic E-state index is 5.94. The first-order chi connectivity index (χ1) is 6.24. The van der Waals surface area contributed by atoms with E-state index in [0.717, 1.165) is 36.5 Å². The predicted molar refractivity (Wildman–Crippen MR) is 55.6 cm³/mol. The zero-order valence-corrected chi connectivity index (χ0v) is 8.38. The van der Waals surface area contributed by atoms with Gasteiger partial charge in [0.05, 0.1) is 23.6 Å². The molecule has 0 aliphatic heterocycles. The second-order valence-corrected chi connectivity index (χ2v) is 2.98. The van der Waals surface area contributed by atoms with Crippen molar-refractivity contribution in [3.05, 3.63) is 24.0 Å². The Morgan fingerprint density at radius 1 is 1.46 bits per heavy atom. The number of nitrogen functional groups attached to an aromatic ring is 1. The Kier molecular flexibility index (Phi) is 3.12. The van der Waals surface area contributed by atoms with Gasteiger partial charge in [-0.3, -0.25) is 4.68 Å². The average molecular weight is 179 g/mol. The highest BCUT2D eigenvalue weighted by Crippen LogP contribution is 2.18. The number of aromatic nitrogens is 2. The van der Waals surface area contributed by atoms with Crippen molar-refractivity contribution in [1.82, 2.24) is 9.78 Å². The van der Waals surface area contributed by atoms with Crippen LogP contribution in [-0.4, -0.2) is 9.78 Å². The monoisotopic (exact) mass is 179 g/mol. The van der Waals surface area contributed by atoms with Gasteiger partial charge in [0.1, 0.15) is 0 Å². The molecule has 72 valence electrons. The molecule has 0 radical (unpaired) electrons. The van der Waals surface area contributed by atoms with Crippen molar-refractivity contribution in [2.24, 2.45) is 0 Å². The van der Waals surface area contributed by atoms with E-state index in [4.69, 9.17) is 5.73 Å². The van der Waals surface area contributed by atoms with E-state index in [1.807, 2.05) is 10.8 Å². The van der Waals surface area contributed by atoms with Gasteiger partial charge in [-0.2, -0.15) is 5.10 Å². The molecule has 0 saturated carbocycles. The summed E-state index contributed by atoms with van der Waals surface area (Å²) in [4.78, 5) is 0. The van der Waals surface area contributed by atoms with Crippen LogP contribution in [0.4, 0.5) is 5.69 Å². The molecule has 0 atom stereocenters. The molecule has 0 aliphatic rings. The fourth-order valence-electron chi connectivity index (χ4n) is 1.47. The summed E-state index contributed by atoms with van der Waals surface area (Å²) in [5.41, 5.74) is 8.91. The quantitative estimate of drug-likeness (QED) is 0.716. The number of anilines is 1. The average Bonchev–Trinajstić information content (AvgIpc) is 2.43. The van der Waals surface area contributed by atoms with Gasteiger partial charge in [0, 0.05) is 0 Å². The van der Waals surface area contributed by atoms with Crippen LogP contribution < -0.4 is 5.73 Å². The molecule has 3 nitrogen and oxygen atoms in total. The number of hydrogen-bond donors (Lipinski definition) is 1. The summed E-state index contributed by atoms with van der Waals surface area (Å²) in [6.45, 7) is 8.59. The molecule has 0 saturated heterocycles. The zero-order valence-electron chi connectivity index (χ0n) is 8.38. The van der Waals surface area contributed by atoms with E-state index in [0.29, 0.717) is 0 Å². The minimum absolute atomic E-state index is 0.743. The molecular formula is C10H17N3. The molecule has 1 rings (SSSR count). The van der Waals surface area contributed by atoms with Crippen LogP contribution in [0.3, 0.4) is 0 Å². The summed E-state index contributed by atoms with van der Waals surface area (Å²) in [5, 5.41) is 4.41. The summed E-state index contributed by atoms with van der Waals surface area (Å²) < 4.78 is 1.93. The van der Waals surface area contributed by atoms with Crippen molar-refractivity contribution in [2.75, 3.05) is 5.73 Å². The second kappa shape index (κ2) is 4.12. The molecule has 0 fully saturated rings. The Morgan fingerprint density at radius 3 is 2.62 bits per heavy atom. The molecule has 0 unspecified atom stereocenters. The molecular weight excluding hydrogens is 162 g/mol. The Hall–Kier alpha value is -1.25. The second-order valence-electron chi connectivity index (χ2n) is 2.98. The number of nitrogens with two attached hydrogens (primary N) is 1. The smallest absolute Gasteiger partial charge is 0.0854 e. The highest BCUT2D eigenvalue weighted by Gasteiger charge is 2.10. The third kappa shape index (κ3) is 1.74. The van der Waals surface area contributed by atoms with Crippen LogP contribution in [0.5, 0.6) is 0 Å². The maximum Gasteiger partial charge on any atom is 0.0854 e. The minimum atomic E-state index is 0.743. The largest absolute Gasteiger partial charge is 0.396 e. The molecule has 1 heterocycles. The van der Waals surface area contributed by atoms with Gasteiger partial charge < -0.3 is 5.73 Å². The first kappa shape index (κ1) is 9.84. The molecule has 1 aromatic rings. The number of nitrogens with zero attached hydrogens (tertiary/aromatic N) is 2. The van der Waals surface area contributed by atoms with Crippen LogP contribution in [0, 0.1) is 0 Å². The van der Waals surface area contributed by atoms with Crippen LogP contribution in [0.25, 0.3) is 0 Å². The summed E-state index contributed by atoms with van der Waals surface area (Å²) >= 11 is 0. The summed E-state index contributed by atoms with van der Waals surface area (Å²) in [5.74, 6) is 0. The van der Waals surface area contributed by atoms with Crippen LogP contribution in [0.1, 0.15) is 25.2 Å². The van der Waals surface area contributed by atoms with Gasteiger partial charge in [0.2, 0.25) is 0 Å². The predicted octanol–water partition coefficient (Wildman–Crippen LogP) is 1.78. The maximum atomic E-state index is 5.94. The molecule has 13 heavy (non-hydrogen) atoms. The Morgan fingerprint density at radius 2 is 2.15 bits per heavy atom. The Labute approximate surface area is 79.2 Å². The third-order valence-corrected chi connectivity index (χ3v) is 2.15. The fraction of sp³-hybridized carbons (Fsp3) is 0.500. The molecule has 0 aromatic carbocycles. The van der Waals surface area contributed by atoms with E-state index in [2.05, 4.69) is 25.5 Å². The van der Waals surface area contributed by atoms with Gasteiger partial charge in [-0.25, -0.2) is 0 Å². The molecule has 3 heteroatoms. The molecule has 0 aliphatic carbocycles. The fourth-order valence-corrected chi connectivity index (χ4v) is 1.47. The summed E-state index contributed by atoms with van der Waals surface area (Å²) in [7, 11) is 0. The van der Waals surface area contributed by atoms with Crippen molar-refractivity contribution >= 4 is 5.69 Å². The van der Waals surface area contributed by atoms with Gasteiger partial charge in [-0.05, 0) is 12.8 Å². The van der Waals surface area contributed by atoms with Crippen molar-refractivity contribution in [3.63, 3.8) is 0 Å². The summed E-state index contributed by atoms with van der Waals surface area (Å²) in [6.07, 6.45) is 3.65. The summed E-state index contributed by atoms with van der Waals surface area (Å²) in [6, 6.07) is 0. The van der Waals surface area contributed by atoms with E-state index in [9.17, 15) is 0 Å².